The summed E-state index contributed by atoms with van der Waals surface area (Å²) in [4.78, 5) is 14.2. The summed E-state index contributed by atoms with van der Waals surface area (Å²) >= 11 is 0. The third-order valence-corrected chi connectivity index (χ3v) is 5.53. The fourth-order valence-electron chi connectivity index (χ4n) is 3.28. The molecule has 2 aromatic heterocycles. The number of aromatic nitrogens is 4. The maximum atomic E-state index is 13.8. The van der Waals surface area contributed by atoms with Gasteiger partial charge in [0.1, 0.15) is 11.6 Å². The molecule has 3 aromatic rings. The van der Waals surface area contributed by atoms with Crippen LogP contribution >= 0.6 is 0 Å². The zero-order valence-corrected chi connectivity index (χ0v) is 16.7. The Morgan fingerprint density at radius 1 is 1.10 bits per heavy atom. The van der Waals surface area contributed by atoms with E-state index in [1.54, 1.807) is 25.1 Å². The van der Waals surface area contributed by atoms with Crippen molar-refractivity contribution in [1.82, 2.24) is 19.5 Å². The van der Waals surface area contributed by atoms with Crippen molar-refractivity contribution < 1.29 is 21.9 Å². The number of ether oxygens (including phenoxy) is 1. The van der Waals surface area contributed by atoms with Crippen LogP contribution in [0.25, 0.3) is 16.9 Å². The van der Waals surface area contributed by atoms with E-state index in [0.29, 0.717) is 43.2 Å². The smallest absolute Gasteiger partial charge is 0.296 e. The van der Waals surface area contributed by atoms with Gasteiger partial charge in [-0.3, -0.25) is 4.57 Å². The Kier molecular flexibility index (Phi) is 4.95. The number of alkyl halides is 2. The molecule has 0 amide bonds. The molecule has 154 valence electrons. The summed E-state index contributed by atoms with van der Waals surface area (Å²) in [5, 5.41) is -0.425. The van der Waals surface area contributed by atoms with Crippen LogP contribution in [0, 0.1) is 6.92 Å². The van der Waals surface area contributed by atoms with E-state index in [0.717, 1.165) is 11.8 Å². The third-order valence-electron chi connectivity index (χ3n) is 4.68. The molecule has 1 aliphatic heterocycles. The number of anilines is 1. The Bertz CT molecular complexity index is 1170. The molecular weight excluding hydrogens is 404 g/mol. The lowest BCUT2D eigenvalue weighted by atomic mass is 10.2. The van der Waals surface area contributed by atoms with Crippen LogP contribution in [-0.4, -0.2) is 60.5 Å². The molecule has 3 heterocycles. The zero-order chi connectivity index (χ0) is 20.8. The highest BCUT2D eigenvalue weighted by molar-refractivity contribution is 7.90. The van der Waals surface area contributed by atoms with Gasteiger partial charge in [0.25, 0.3) is 11.6 Å². The molecule has 1 aromatic carbocycles. The summed E-state index contributed by atoms with van der Waals surface area (Å²) in [5.74, 6) is -0.126. The number of sulfone groups is 1. The molecule has 0 aliphatic carbocycles. The number of hydrogen-bond acceptors (Lipinski definition) is 7. The van der Waals surface area contributed by atoms with E-state index in [1.807, 2.05) is 4.90 Å². The fraction of sp³-hybridized carbons (Fsp3) is 0.389. The molecule has 1 fully saturated rings. The van der Waals surface area contributed by atoms with Crippen LogP contribution in [0.1, 0.15) is 17.8 Å². The van der Waals surface area contributed by atoms with Gasteiger partial charge in [0.05, 0.1) is 24.2 Å². The van der Waals surface area contributed by atoms with Crippen molar-refractivity contribution >= 4 is 26.7 Å². The third kappa shape index (κ3) is 3.67. The number of morpholine rings is 1. The van der Waals surface area contributed by atoms with Gasteiger partial charge in [-0.05, 0) is 18.6 Å². The number of rotatable bonds is 4. The van der Waals surface area contributed by atoms with Crippen LogP contribution in [0.3, 0.4) is 0 Å². The molecule has 8 nitrogen and oxygen atoms in total. The van der Waals surface area contributed by atoms with Crippen LogP contribution in [0.15, 0.2) is 29.4 Å². The molecule has 0 saturated carbocycles. The van der Waals surface area contributed by atoms with Crippen LogP contribution in [0.2, 0.25) is 0 Å². The molecule has 4 rings (SSSR count). The van der Waals surface area contributed by atoms with Crippen LogP contribution in [-0.2, 0) is 14.6 Å². The molecule has 0 atom stereocenters. The first-order valence-electron chi connectivity index (χ1n) is 8.94. The summed E-state index contributed by atoms with van der Waals surface area (Å²) in [7, 11) is -3.77. The lowest BCUT2D eigenvalue weighted by Crippen LogP contribution is -2.37. The zero-order valence-electron chi connectivity index (χ0n) is 15.8. The van der Waals surface area contributed by atoms with Gasteiger partial charge in [-0.1, -0.05) is 12.1 Å². The van der Waals surface area contributed by atoms with E-state index in [4.69, 9.17) is 4.74 Å². The SMILES string of the molecule is Cc1cccc2c1nc(C(F)F)n2-c1cc(N2CCOCC2)nc(S(C)(=O)=O)n1. The summed E-state index contributed by atoms with van der Waals surface area (Å²) in [5.41, 5.74) is 1.57. The number of benzene rings is 1. The number of hydrogen-bond donors (Lipinski definition) is 0. The largest absolute Gasteiger partial charge is 0.378 e. The first kappa shape index (κ1) is 19.6. The monoisotopic (exact) mass is 423 g/mol. The predicted octanol–water partition coefficient (Wildman–Crippen LogP) is 2.30. The van der Waals surface area contributed by atoms with Gasteiger partial charge in [0, 0.05) is 25.4 Å². The topological polar surface area (TPSA) is 90.2 Å². The van der Waals surface area contributed by atoms with Crippen LogP contribution in [0.4, 0.5) is 14.6 Å². The first-order chi connectivity index (χ1) is 13.8. The number of imidazole rings is 1. The molecule has 0 unspecified atom stereocenters. The molecular formula is C18H19F2N5O3S. The van der Waals surface area contributed by atoms with Gasteiger partial charge >= 0.3 is 0 Å². The summed E-state index contributed by atoms with van der Waals surface area (Å²) < 4.78 is 58.5. The average Bonchev–Trinajstić information content (AvgIpc) is 3.09. The number of nitrogens with zero attached hydrogens (tertiary/aromatic N) is 5. The Morgan fingerprint density at radius 2 is 1.79 bits per heavy atom. The highest BCUT2D eigenvalue weighted by Crippen LogP contribution is 2.30. The number of fused-ring (bicyclic) bond motifs is 1. The second-order valence-corrected chi connectivity index (χ2v) is 8.70. The van der Waals surface area contributed by atoms with Crippen molar-refractivity contribution in [2.24, 2.45) is 0 Å². The fourth-order valence-corrected chi connectivity index (χ4v) is 3.80. The van der Waals surface area contributed by atoms with E-state index in [9.17, 15) is 17.2 Å². The molecule has 0 N–H and O–H groups in total. The predicted molar refractivity (Wildman–Crippen MR) is 102 cm³/mol. The summed E-state index contributed by atoms with van der Waals surface area (Å²) in [6.45, 7) is 3.71. The van der Waals surface area contributed by atoms with E-state index < -0.39 is 27.2 Å². The highest BCUT2D eigenvalue weighted by atomic mass is 32.2. The van der Waals surface area contributed by atoms with Crippen molar-refractivity contribution in [2.75, 3.05) is 37.5 Å². The Hall–Kier alpha value is -2.66. The minimum Gasteiger partial charge on any atom is -0.378 e. The Balaban J connectivity index is 1.99. The minimum atomic E-state index is -3.77. The van der Waals surface area contributed by atoms with Crippen LogP contribution < -0.4 is 4.90 Å². The minimum absolute atomic E-state index is 0.0327. The molecule has 0 spiro atoms. The summed E-state index contributed by atoms with van der Waals surface area (Å²) in [6, 6.07) is 6.66. The van der Waals surface area contributed by atoms with Gasteiger partial charge in [0.2, 0.25) is 9.84 Å². The number of halogens is 2. The molecule has 1 aliphatic rings. The van der Waals surface area contributed by atoms with Gasteiger partial charge < -0.3 is 9.64 Å². The maximum Gasteiger partial charge on any atom is 0.296 e. The van der Waals surface area contributed by atoms with Gasteiger partial charge in [0.15, 0.2) is 5.82 Å². The molecule has 11 heteroatoms. The van der Waals surface area contributed by atoms with Crippen LogP contribution in [0.5, 0.6) is 0 Å². The van der Waals surface area contributed by atoms with E-state index in [2.05, 4.69) is 15.0 Å². The van der Waals surface area contributed by atoms with Gasteiger partial charge in [-0.25, -0.2) is 32.2 Å². The van der Waals surface area contributed by atoms with Gasteiger partial charge in [-0.2, -0.15) is 0 Å². The van der Waals surface area contributed by atoms with E-state index in [-0.39, 0.29) is 5.82 Å². The lowest BCUT2D eigenvalue weighted by Gasteiger charge is -2.28. The van der Waals surface area contributed by atoms with E-state index in [1.165, 1.54) is 10.6 Å². The molecule has 1 saturated heterocycles. The Labute approximate surface area is 166 Å². The summed E-state index contributed by atoms with van der Waals surface area (Å²) in [6.07, 6.45) is -1.88. The van der Waals surface area contributed by atoms with Crippen molar-refractivity contribution in [3.8, 4) is 5.82 Å². The highest BCUT2D eigenvalue weighted by Gasteiger charge is 2.25. The molecule has 0 bridgehead atoms. The maximum absolute atomic E-state index is 13.8. The molecule has 29 heavy (non-hydrogen) atoms. The van der Waals surface area contributed by atoms with Gasteiger partial charge in [-0.15, -0.1) is 0 Å². The van der Waals surface area contributed by atoms with Crippen molar-refractivity contribution in [2.45, 2.75) is 18.5 Å². The second-order valence-electron chi connectivity index (χ2n) is 6.79. The van der Waals surface area contributed by atoms with Crippen molar-refractivity contribution in [3.05, 3.63) is 35.7 Å². The number of aryl methyl sites for hydroxylation is 1. The average molecular weight is 423 g/mol. The van der Waals surface area contributed by atoms with Crippen molar-refractivity contribution in [1.29, 1.82) is 0 Å². The lowest BCUT2D eigenvalue weighted by molar-refractivity contribution is 0.122. The molecule has 0 radical (unpaired) electrons. The normalized spacial score (nSPS) is 15.4. The Morgan fingerprint density at radius 3 is 2.45 bits per heavy atom. The quantitative estimate of drug-likeness (QED) is 0.595. The first-order valence-corrected chi connectivity index (χ1v) is 10.8. The standard InChI is InChI=1S/C18H19F2N5O3S/c1-11-4-3-5-12-15(11)23-17(16(19)20)25(12)14-10-13(24-6-8-28-9-7-24)21-18(22-14)29(2,26)27/h3-5,10,16H,6-9H2,1-2H3. The second kappa shape index (κ2) is 7.30. The number of para-hydroxylation sites is 1. The van der Waals surface area contributed by atoms with Crippen molar-refractivity contribution in [3.63, 3.8) is 0 Å². The van der Waals surface area contributed by atoms with E-state index >= 15 is 0 Å².